The lowest BCUT2D eigenvalue weighted by Crippen LogP contribution is -2.35. The summed E-state index contributed by atoms with van der Waals surface area (Å²) in [6, 6.07) is 6.70. The molecule has 2 aromatic rings. The largest absolute Gasteiger partial charge is 0.324 e. The molecule has 1 atom stereocenters. The van der Waals surface area contributed by atoms with E-state index in [0.29, 0.717) is 22.6 Å². The molecule has 1 aromatic heterocycles. The number of carbonyl (C=O) groups is 1. The second kappa shape index (κ2) is 6.68. The van der Waals surface area contributed by atoms with E-state index in [0.717, 1.165) is 18.2 Å². The van der Waals surface area contributed by atoms with Crippen molar-refractivity contribution in [3.63, 3.8) is 0 Å². The number of hydrogen-bond acceptors (Lipinski definition) is 3. The Balaban J connectivity index is 2.22. The summed E-state index contributed by atoms with van der Waals surface area (Å²) in [7, 11) is 0. The fourth-order valence-corrected chi connectivity index (χ4v) is 2.24. The Morgan fingerprint density at radius 3 is 3.00 bits per heavy atom. The first-order valence-electron chi connectivity index (χ1n) is 6.73. The molecule has 0 saturated heterocycles. The molecule has 20 heavy (non-hydrogen) atoms. The van der Waals surface area contributed by atoms with Gasteiger partial charge in [-0.05, 0) is 30.7 Å². The molecule has 0 aliphatic rings. The zero-order valence-electron chi connectivity index (χ0n) is 11.4. The number of nitrogens with one attached hydrogen (secondary N) is 1. The van der Waals surface area contributed by atoms with Crippen LogP contribution in [-0.2, 0) is 4.79 Å². The Hall–Kier alpha value is -1.65. The maximum absolute atomic E-state index is 12.1. The number of aromatic nitrogens is 1. The molecule has 0 saturated carbocycles. The summed E-state index contributed by atoms with van der Waals surface area (Å²) in [5.41, 5.74) is 7.24. The maximum Gasteiger partial charge on any atom is 0.241 e. The summed E-state index contributed by atoms with van der Waals surface area (Å²) in [6.45, 7) is 2.07. The first-order valence-corrected chi connectivity index (χ1v) is 7.11. The third-order valence-corrected chi connectivity index (χ3v) is 3.49. The lowest BCUT2D eigenvalue weighted by atomic mass is 10.1. The lowest BCUT2D eigenvalue weighted by Gasteiger charge is -2.13. The van der Waals surface area contributed by atoms with E-state index in [1.54, 1.807) is 18.3 Å². The van der Waals surface area contributed by atoms with Crippen LogP contribution in [-0.4, -0.2) is 16.9 Å². The number of rotatable bonds is 5. The van der Waals surface area contributed by atoms with Gasteiger partial charge >= 0.3 is 0 Å². The van der Waals surface area contributed by atoms with Gasteiger partial charge in [0.1, 0.15) is 0 Å². The van der Waals surface area contributed by atoms with Crippen LogP contribution in [0.15, 0.2) is 30.5 Å². The summed E-state index contributed by atoms with van der Waals surface area (Å²) >= 11 is 6.10. The van der Waals surface area contributed by atoms with Crippen LogP contribution in [0, 0.1) is 0 Å². The van der Waals surface area contributed by atoms with Gasteiger partial charge in [-0.3, -0.25) is 9.78 Å². The highest BCUT2D eigenvalue weighted by molar-refractivity contribution is 6.35. The number of halogens is 1. The molecule has 4 nitrogen and oxygen atoms in total. The minimum atomic E-state index is -0.489. The van der Waals surface area contributed by atoms with E-state index in [1.807, 2.05) is 12.1 Å². The number of carbonyl (C=O) groups excluding carboxylic acids is 1. The fraction of sp³-hybridized carbons (Fsp3) is 0.333. The van der Waals surface area contributed by atoms with E-state index < -0.39 is 6.04 Å². The average Bonchev–Trinajstić information content (AvgIpc) is 2.47. The SMILES string of the molecule is CCCC[C@H](N)C(=O)Nc1ccc(Cl)c2ncccc12. The summed E-state index contributed by atoms with van der Waals surface area (Å²) in [5.74, 6) is -0.175. The van der Waals surface area contributed by atoms with Crippen LogP contribution in [0.3, 0.4) is 0 Å². The number of anilines is 1. The molecule has 106 valence electrons. The van der Waals surface area contributed by atoms with E-state index in [2.05, 4.69) is 17.2 Å². The van der Waals surface area contributed by atoms with Crippen LogP contribution < -0.4 is 11.1 Å². The van der Waals surface area contributed by atoms with Crippen molar-refractivity contribution >= 4 is 34.1 Å². The van der Waals surface area contributed by atoms with Crippen LogP contribution in [0.25, 0.3) is 10.9 Å². The molecule has 0 bridgehead atoms. The average molecular weight is 292 g/mol. The number of benzene rings is 1. The van der Waals surface area contributed by atoms with Gasteiger partial charge in [-0.15, -0.1) is 0 Å². The van der Waals surface area contributed by atoms with Gasteiger partial charge < -0.3 is 11.1 Å². The molecule has 0 aliphatic carbocycles. The van der Waals surface area contributed by atoms with Crippen LogP contribution >= 0.6 is 11.6 Å². The van der Waals surface area contributed by atoms with E-state index in [9.17, 15) is 4.79 Å². The highest BCUT2D eigenvalue weighted by Crippen LogP contribution is 2.28. The Morgan fingerprint density at radius 2 is 2.25 bits per heavy atom. The molecule has 1 aromatic carbocycles. The molecule has 2 rings (SSSR count). The normalized spacial score (nSPS) is 12.3. The Bertz CT molecular complexity index is 615. The molecular weight excluding hydrogens is 274 g/mol. The molecule has 0 radical (unpaired) electrons. The number of nitrogens with two attached hydrogens (primary N) is 1. The van der Waals surface area contributed by atoms with Crippen molar-refractivity contribution in [2.24, 2.45) is 5.73 Å². The Kier molecular flexibility index (Phi) is 4.93. The molecule has 3 N–H and O–H groups in total. The van der Waals surface area contributed by atoms with E-state index in [-0.39, 0.29) is 5.91 Å². The minimum Gasteiger partial charge on any atom is -0.324 e. The van der Waals surface area contributed by atoms with Crippen LogP contribution in [0.5, 0.6) is 0 Å². The zero-order chi connectivity index (χ0) is 14.5. The van der Waals surface area contributed by atoms with Gasteiger partial charge in [0.05, 0.1) is 22.3 Å². The number of pyridine rings is 1. The molecule has 5 heteroatoms. The molecule has 1 heterocycles. The minimum absolute atomic E-state index is 0.175. The van der Waals surface area contributed by atoms with Gasteiger partial charge in [0.25, 0.3) is 0 Å². The summed E-state index contributed by atoms with van der Waals surface area (Å²) < 4.78 is 0. The Morgan fingerprint density at radius 1 is 1.45 bits per heavy atom. The third-order valence-electron chi connectivity index (χ3n) is 3.18. The number of fused-ring (bicyclic) bond motifs is 1. The van der Waals surface area contributed by atoms with E-state index in [1.165, 1.54) is 0 Å². The molecule has 0 fully saturated rings. The monoisotopic (exact) mass is 291 g/mol. The van der Waals surface area contributed by atoms with Crippen molar-refractivity contribution < 1.29 is 4.79 Å². The standard InChI is InChI=1S/C15H18ClN3O/c1-2-3-6-12(17)15(20)19-13-8-7-11(16)14-10(13)5-4-9-18-14/h4-5,7-9,12H,2-3,6,17H2,1H3,(H,19,20)/t12-/m0/s1. The Labute approximate surface area is 123 Å². The molecule has 0 unspecified atom stereocenters. The first-order chi connectivity index (χ1) is 9.63. The van der Waals surface area contributed by atoms with Gasteiger partial charge in [-0.25, -0.2) is 0 Å². The van der Waals surface area contributed by atoms with Crippen molar-refractivity contribution in [1.82, 2.24) is 4.98 Å². The second-order valence-corrected chi connectivity index (χ2v) is 5.14. The van der Waals surface area contributed by atoms with Crippen molar-refractivity contribution in [2.75, 3.05) is 5.32 Å². The number of unbranched alkanes of at least 4 members (excludes halogenated alkanes) is 1. The topological polar surface area (TPSA) is 68.0 Å². The van der Waals surface area contributed by atoms with Crippen LogP contribution in [0.4, 0.5) is 5.69 Å². The van der Waals surface area contributed by atoms with Gasteiger partial charge in [-0.2, -0.15) is 0 Å². The smallest absolute Gasteiger partial charge is 0.241 e. The predicted octanol–water partition coefficient (Wildman–Crippen LogP) is 3.34. The highest BCUT2D eigenvalue weighted by Gasteiger charge is 2.14. The summed E-state index contributed by atoms with van der Waals surface area (Å²) in [4.78, 5) is 16.3. The van der Waals surface area contributed by atoms with Crippen molar-refractivity contribution in [3.8, 4) is 0 Å². The van der Waals surface area contributed by atoms with Crippen LogP contribution in [0.1, 0.15) is 26.2 Å². The number of nitrogens with zero attached hydrogens (tertiary/aromatic N) is 1. The van der Waals surface area contributed by atoms with Crippen molar-refractivity contribution in [1.29, 1.82) is 0 Å². The maximum atomic E-state index is 12.1. The van der Waals surface area contributed by atoms with E-state index >= 15 is 0 Å². The van der Waals surface area contributed by atoms with Gasteiger partial charge in [0.2, 0.25) is 5.91 Å². The van der Waals surface area contributed by atoms with E-state index in [4.69, 9.17) is 17.3 Å². The molecule has 0 spiro atoms. The summed E-state index contributed by atoms with van der Waals surface area (Å²) in [6.07, 6.45) is 4.32. The quantitative estimate of drug-likeness (QED) is 0.888. The number of amides is 1. The molecule has 1 amide bonds. The third kappa shape index (κ3) is 3.26. The predicted molar refractivity (Wildman–Crippen MR) is 82.9 cm³/mol. The van der Waals surface area contributed by atoms with Crippen LogP contribution in [0.2, 0.25) is 5.02 Å². The van der Waals surface area contributed by atoms with Crippen molar-refractivity contribution in [3.05, 3.63) is 35.5 Å². The molecule has 0 aliphatic heterocycles. The van der Waals surface area contributed by atoms with Crippen molar-refractivity contribution in [2.45, 2.75) is 32.2 Å². The summed E-state index contributed by atoms with van der Waals surface area (Å²) in [5, 5.41) is 4.24. The second-order valence-electron chi connectivity index (χ2n) is 4.73. The number of hydrogen-bond donors (Lipinski definition) is 2. The molecular formula is C15H18ClN3O. The van der Waals surface area contributed by atoms with Gasteiger partial charge in [0.15, 0.2) is 0 Å². The zero-order valence-corrected chi connectivity index (χ0v) is 12.2. The first kappa shape index (κ1) is 14.8. The fourth-order valence-electron chi connectivity index (χ4n) is 2.03. The highest BCUT2D eigenvalue weighted by atomic mass is 35.5. The van der Waals surface area contributed by atoms with Gasteiger partial charge in [0, 0.05) is 11.6 Å². The lowest BCUT2D eigenvalue weighted by molar-refractivity contribution is -0.117. The van der Waals surface area contributed by atoms with Gasteiger partial charge in [-0.1, -0.05) is 31.4 Å².